The van der Waals surface area contributed by atoms with Crippen LogP contribution in [-0.2, 0) is 27.6 Å². The van der Waals surface area contributed by atoms with E-state index in [0.29, 0.717) is 12.5 Å². The van der Waals surface area contributed by atoms with Crippen molar-refractivity contribution < 1.29 is 25.9 Å². The Morgan fingerprint density at radius 2 is 1.53 bits per heavy atom. The minimum atomic E-state index is -3.37. The fourth-order valence-corrected chi connectivity index (χ4v) is 3.17. The van der Waals surface area contributed by atoms with Gasteiger partial charge in [-0.2, -0.15) is 8.42 Å². The molecule has 0 rings (SSSR count). The van der Waals surface area contributed by atoms with Crippen molar-refractivity contribution in [1.29, 1.82) is 0 Å². The normalized spacial score (nSPS) is 13.1. The highest BCUT2D eigenvalue weighted by atomic mass is 32.2. The number of hydrogen-bond acceptors (Lipinski definition) is 6. The average molecular weight is 258 g/mol. The predicted molar refractivity (Wildman–Crippen MR) is 57.0 cm³/mol. The highest BCUT2D eigenvalue weighted by molar-refractivity contribution is 7.85. The molecule has 0 unspecified atom stereocenters. The van der Waals surface area contributed by atoms with Crippen LogP contribution in [0.4, 0.5) is 0 Å². The summed E-state index contributed by atoms with van der Waals surface area (Å²) in [7, 11) is -1.43. The van der Waals surface area contributed by atoms with Gasteiger partial charge in [-0.15, -0.1) is 0 Å². The van der Waals surface area contributed by atoms with Crippen molar-refractivity contribution in [3.8, 4) is 0 Å². The van der Waals surface area contributed by atoms with Gasteiger partial charge >= 0.3 is 8.80 Å². The fourth-order valence-electron chi connectivity index (χ4n) is 1.06. The second-order valence-electron chi connectivity index (χ2n) is 2.93. The summed E-state index contributed by atoms with van der Waals surface area (Å²) in [6.45, 7) is 0.115. The number of rotatable bonds is 8. The van der Waals surface area contributed by atoms with Crippen LogP contribution in [0.3, 0.4) is 0 Å². The van der Waals surface area contributed by atoms with Crippen molar-refractivity contribution >= 4 is 18.9 Å². The molecule has 0 heterocycles. The molecule has 0 saturated carbocycles. The van der Waals surface area contributed by atoms with Gasteiger partial charge in [0.2, 0.25) is 0 Å². The molecule has 0 spiro atoms. The zero-order valence-electron chi connectivity index (χ0n) is 9.48. The Bertz CT molecular complexity index is 252. The van der Waals surface area contributed by atoms with E-state index < -0.39 is 18.9 Å². The minimum absolute atomic E-state index is 0.115. The molecule has 8 heteroatoms. The molecule has 0 atom stereocenters. The lowest BCUT2D eigenvalue weighted by Crippen LogP contribution is -2.42. The Labute approximate surface area is 92.0 Å². The quantitative estimate of drug-likeness (QED) is 0.352. The van der Waals surface area contributed by atoms with Gasteiger partial charge in [0.1, 0.15) is 0 Å². The lowest BCUT2D eigenvalue weighted by Gasteiger charge is -2.23. The summed E-state index contributed by atoms with van der Waals surface area (Å²) in [6, 6.07) is 0.520. The molecule has 0 N–H and O–H groups in total. The number of hydrogen-bond donors (Lipinski definition) is 0. The zero-order valence-corrected chi connectivity index (χ0v) is 11.3. The maximum absolute atomic E-state index is 10.7. The molecule has 0 bridgehead atoms. The van der Waals surface area contributed by atoms with Gasteiger partial charge in [-0.3, -0.25) is 4.18 Å². The van der Waals surface area contributed by atoms with Crippen molar-refractivity contribution in [1.82, 2.24) is 0 Å². The van der Waals surface area contributed by atoms with Crippen molar-refractivity contribution in [3.63, 3.8) is 0 Å². The summed E-state index contributed by atoms with van der Waals surface area (Å²) >= 11 is 0. The lowest BCUT2D eigenvalue weighted by atomic mass is 10.5. The van der Waals surface area contributed by atoms with Crippen LogP contribution in [0.1, 0.15) is 6.42 Å². The van der Waals surface area contributed by atoms with Crippen LogP contribution in [0.15, 0.2) is 0 Å². The Morgan fingerprint density at radius 1 is 1.07 bits per heavy atom. The van der Waals surface area contributed by atoms with Crippen LogP contribution in [-0.4, -0.2) is 51.4 Å². The molecule has 0 aliphatic rings. The van der Waals surface area contributed by atoms with Gasteiger partial charge in [0.05, 0.1) is 12.9 Å². The molecule has 15 heavy (non-hydrogen) atoms. The van der Waals surface area contributed by atoms with Crippen LogP contribution in [0.2, 0.25) is 6.04 Å². The third kappa shape index (κ3) is 6.23. The smallest absolute Gasteiger partial charge is 0.377 e. The van der Waals surface area contributed by atoms with Gasteiger partial charge in [-0.1, -0.05) is 0 Å². The SMILES string of the molecule is CO[Si](CCCOS(C)(=O)=O)(OC)OC. The summed E-state index contributed by atoms with van der Waals surface area (Å²) in [4.78, 5) is 0. The lowest BCUT2D eigenvalue weighted by molar-refractivity contribution is 0.121. The van der Waals surface area contributed by atoms with E-state index >= 15 is 0 Å². The standard InChI is InChI=1S/C7H18O6SSi/c1-10-15(11-2,12-3)7-5-6-13-14(4,8)9/h5-7H2,1-4H3. The average Bonchev–Trinajstić information content (AvgIpc) is 2.18. The predicted octanol–water partition coefficient (Wildman–Crippen LogP) is 0.231. The Hall–Kier alpha value is 0.00688. The van der Waals surface area contributed by atoms with E-state index in [1.807, 2.05) is 0 Å². The van der Waals surface area contributed by atoms with E-state index in [9.17, 15) is 8.42 Å². The van der Waals surface area contributed by atoms with E-state index in [1.54, 1.807) is 0 Å². The molecule has 92 valence electrons. The monoisotopic (exact) mass is 258 g/mol. The summed E-state index contributed by atoms with van der Waals surface area (Å²) in [5, 5.41) is 0. The first kappa shape index (κ1) is 15.0. The largest absolute Gasteiger partial charge is 0.500 e. The zero-order chi connectivity index (χ0) is 11.9. The van der Waals surface area contributed by atoms with E-state index in [0.717, 1.165) is 6.26 Å². The van der Waals surface area contributed by atoms with Gasteiger partial charge in [0.15, 0.2) is 0 Å². The first-order valence-corrected chi connectivity index (χ1v) is 8.14. The molecular formula is C7H18O6SSi. The molecule has 0 fully saturated rings. The molecular weight excluding hydrogens is 240 g/mol. The van der Waals surface area contributed by atoms with Crippen LogP contribution in [0, 0.1) is 0 Å². The molecule has 0 aliphatic carbocycles. The first-order valence-electron chi connectivity index (χ1n) is 4.39. The van der Waals surface area contributed by atoms with Crippen molar-refractivity contribution in [3.05, 3.63) is 0 Å². The highest BCUT2D eigenvalue weighted by Gasteiger charge is 2.36. The van der Waals surface area contributed by atoms with E-state index in [4.69, 9.17) is 13.3 Å². The molecule has 0 aliphatic heterocycles. The summed E-state index contributed by atoms with van der Waals surface area (Å²) in [5.74, 6) is 0. The third-order valence-corrected chi connectivity index (χ3v) is 5.28. The Balaban J connectivity index is 3.92. The van der Waals surface area contributed by atoms with E-state index in [-0.39, 0.29) is 6.61 Å². The minimum Gasteiger partial charge on any atom is -0.377 e. The van der Waals surface area contributed by atoms with Gasteiger partial charge in [-0.25, -0.2) is 0 Å². The van der Waals surface area contributed by atoms with E-state index in [2.05, 4.69) is 4.18 Å². The van der Waals surface area contributed by atoms with Gasteiger partial charge in [0.25, 0.3) is 10.1 Å². The van der Waals surface area contributed by atoms with Crippen molar-refractivity contribution in [2.24, 2.45) is 0 Å². The molecule has 0 aromatic rings. The summed E-state index contributed by atoms with van der Waals surface area (Å²) < 4.78 is 41.4. The summed E-state index contributed by atoms with van der Waals surface area (Å²) in [6.07, 6.45) is 1.52. The molecule has 0 radical (unpaired) electrons. The van der Waals surface area contributed by atoms with Crippen LogP contribution >= 0.6 is 0 Å². The van der Waals surface area contributed by atoms with Crippen LogP contribution in [0.25, 0.3) is 0 Å². The van der Waals surface area contributed by atoms with Gasteiger partial charge < -0.3 is 13.3 Å². The molecule has 0 aromatic heterocycles. The third-order valence-electron chi connectivity index (χ3n) is 1.86. The highest BCUT2D eigenvalue weighted by Crippen LogP contribution is 2.14. The van der Waals surface area contributed by atoms with Gasteiger partial charge in [-0.05, 0) is 6.42 Å². The molecule has 0 amide bonds. The fraction of sp³-hybridized carbons (Fsp3) is 1.00. The van der Waals surface area contributed by atoms with Crippen molar-refractivity contribution in [2.75, 3.05) is 34.2 Å². The maximum atomic E-state index is 10.7. The van der Waals surface area contributed by atoms with Gasteiger partial charge in [0, 0.05) is 27.4 Å². The van der Waals surface area contributed by atoms with Crippen molar-refractivity contribution in [2.45, 2.75) is 12.5 Å². The molecule has 6 nitrogen and oxygen atoms in total. The second kappa shape index (κ2) is 6.56. The van der Waals surface area contributed by atoms with Crippen LogP contribution in [0.5, 0.6) is 0 Å². The Kier molecular flexibility index (Phi) is 6.56. The molecule has 0 saturated heterocycles. The molecule has 0 aromatic carbocycles. The topological polar surface area (TPSA) is 71.1 Å². The summed E-state index contributed by atoms with van der Waals surface area (Å²) in [5.41, 5.74) is 0. The Morgan fingerprint density at radius 3 is 1.87 bits per heavy atom. The van der Waals surface area contributed by atoms with E-state index in [1.165, 1.54) is 21.3 Å². The maximum Gasteiger partial charge on any atom is 0.500 e. The first-order chi connectivity index (χ1) is 6.89. The second-order valence-corrected chi connectivity index (χ2v) is 7.66. The van der Waals surface area contributed by atoms with Crippen LogP contribution < -0.4 is 0 Å².